The average Bonchev–Trinajstić information content (AvgIpc) is 3.25. The largest absolute Gasteiger partial charge is 0.511 e. The first-order chi connectivity index (χ1) is 14.5. The summed E-state index contributed by atoms with van der Waals surface area (Å²) in [6.45, 7) is 2.96. The zero-order valence-corrected chi connectivity index (χ0v) is 17.3. The molecule has 0 bridgehead atoms. The fraction of sp³-hybridized carbons (Fsp3) is 0.409. The van der Waals surface area contributed by atoms with E-state index in [4.69, 9.17) is 15.2 Å². The van der Waals surface area contributed by atoms with Crippen LogP contribution in [-0.2, 0) is 36.2 Å². The van der Waals surface area contributed by atoms with E-state index >= 15 is 0 Å². The number of fused-ring (bicyclic) bond motifs is 3. The molecule has 0 amide bonds. The van der Waals surface area contributed by atoms with Crippen LogP contribution in [0.1, 0.15) is 28.3 Å². The van der Waals surface area contributed by atoms with Crippen LogP contribution in [0.5, 0.6) is 0 Å². The monoisotopic (exact) mass is 411 g/mol. The van der Waals surface area contributed by atoms with E-state index in [0.29, 0.717) is 6.54 Å². The third-order valence-corrected chi connectivity index (χ3v) is 5.91. The van der Waals surface area contributed by atoms with Gasteiger partial charge in [0.1, 0.15) is 25.5 Å². The lowest BCUT2D eigenvalue weighted by Crippen LogP contribution is -2.38. The number of rotatable bonds is 6. The molecule has 0 aliphatic heterocycles. The summed E-state index contributed by atoms with van der Waals surface area (Å²) in [6.07, 6.45) is 4.70. The Balaban J connectivity index is 1.48. The normalized spacial score (nSPS) is 16.0. The van der Waals surface area contributed by atoms with Gasteiger partial charge < -0.3 is 19.8 Å². The smallest absolute Gasteiger partial charge is 0.433 e. The highest BCUT2D eigenvalue weighted by Gasteiger charge is 2.33. The number of aryl methyl sites for hydroxylation is 1. The van der Waals surface area contributed by atoms with E-state index in [0.717, 1.165) is 40.8 Å². The molecule has 2 aromatic heterocycles. The van der Waals surface area contributed by atoms with Crippen LogP contribution in [0.4, 0.5) is 4.79 Å². The number of benzene rings is 1. The molecular weight excluding hydrogens is 384 g/mol. The first-order valence-corrected chi connectivity index (χ1v) is 10.2. The van der Waals surface area contributed by atoms with Crippen LogP contribution < -0.4 is 10.3 Å². The number of nitrogens with two attached hydrogens (primary N) is 1. The molecule has 8 nitrogen and oxygen atoms in total. The van der Waals surface area contributed by atoms with E-state index in [9.17, 15) is 9.59 Å². The average molecular weight is 411 g/mol. The van der Waals surface area contributed by atoms with E-state index in [2.05, 4.69) is 10.6 Å². The van der Waals surface area contributed by atoms with Gasteiger partial charge in [0.25, 0.3) is 5.82 Å². The predicted octanol–water partition coefficient (Wildman–Crippen LogP) is 2.09. The molecule has 0 spiro atoms. The second-order valence-corrected chi connectivity index (χ2v) is 7.63. The molecule has 2 heterocycles. The number of carbonyl (C=O) groups is 2. The summed E-state index contributed by atoms with van der Waals surface area (Å²) in [5.74, 6) is 1.02. The van der Waals surface area contributed by atoms with Crippen LogP contribution >= 0.6 is 0 Å². The Hall–Kier alpha value is -3.13. The summed E-state index contributed by atoms with van der Waals surface area (Å²) in [5, 5.41) is 1.04. The zero-order valence-electron chi connectivity index (χ0n) is 17.3. The maximum atomic E-state index is 13.4. The molecule has 1 aliphatic carbocycles. The highest BCUT2D eigenvalue weighted by molar-refractivity contribution is 6.11. The third-order valence-electron chi connectivity index (χ3n) is 5.91. The van der Waals surface area contributed by atoms with Gasteiger partial charge >= 0.3 is 6.16 Å². The van der Waals surface area contributed by atoms with Crippen molar-refractivity contribution in [2.24, 2.45) is 18.7 Å². The van der Waals surface area contributed by atoms with Crippen LogP contribution in [-0.4, -0.2) is 34.2 Å². The summed E-state index contributed by atoms with van der Waals surface area (Å²) >= 11 is 0. The number of aromatic nitrogens is 3. The summed E-state index contributed by atoms with van der Waals surface area (Å²) in [4.78, 5) is 24.9. The Morgan fingerprint density at radius 3 is 2.90 bits per heavy atom. The van der Waals surface area contributed by atoms with Gasteiger partial charge in [0, 0.05) is 42.7 Å². The first-order valence-electron chi connectivity index (χ1n) is 10.2. The van der Waals surface area contributed by atoms with Gasteiger partial charge in [0.2, 0.25) is 6.73 Å². The number of Topliss-reactive ketones (excluding diaryl/α,β-unsaturated/α-hetero) is 1. The maximum absolute atomic E-state index is 13.4. The van der Waals surface area contributed by atoms with Crippen molar-refractivity contribution in [3.63, 3.8) is 0 Å². The van der Waals surface area contributed by atoms with Crippen molar-refractivity contribution < 1.29 is 23.6 Å². The number of ketones is 1. The molecule has 1 aliphatic rings. The quantitative estimate of drug-likeness (QED) is 0.495. The highest BCUT2D eigenvalue weighted by atomic mass is 16.7. The second kappa shape index (κ2) is 8.31. The van der Waals surface area contributed by atoms with E-state index in [1.807, 2.05) is 49.1 Å². The Kier molecular flexibility index (Phi) is 5.59. The van der Waals surface area contributed by atoms with Crippen molar-refractivity contribution in [3.05, 3.63) is 53.7 Å². The molecule has 30 heavy (non-hydrogen) atoms. The topological polar surface area (TPSA) is 92.4 Å². The van der Waals surface area contributed by atoms with E-state index in [-0.39, 0.29) is 31.6 Å². The van der Waals surface area contributed by atoms with Gasteiger partial charge in [-0.1, -0.05) is 18.2 Å². The minimum atomic E-state index is -0.744. The number of carbonyl (C=O) groups excluding carboxylic acids is 2. The molecule has 0 saturated carbocycles. The molecule has 3 aromatic rings. The van der Waals surface area contributed by atoms with Crippen molar-refractivity contribution in [1.29, 1.82) is 0 Å². The number of ether oxygens (including phenoxy) is 2. The summed E-state index contributed by atoms with van der Waals surface area (Å²) in [5.41, 5.74) is 8.40. The number of nitrogens with zero attached hydrogens (tertiary/aromatic N) is 3. The number of imidazole rings is 1. The maximum Gasteiger partial charge on any atom is 0.511 e. The minimum Gasteiger partial charge on any atom is -0.433 e. The molecule has 2 N–H and O–H groups in total. The van der Waals surface area contributed by atoms with Crippen LogP contribution in [0.25, 0.3) is 10.9 Å². The molecular formula is C22H27N4O4+. The van der Waals surface area contributed by atoms with Gasteiger partial charge in [-0.05, 0) is 18.9 Å². The molecule has 158 valence electrons. The molecule has 8 heteroatoms. The van der Waals surface area contributed by atoms with E-state index < -0.39 is 6.16 Å². The van der Waals surface area contributed by atoms with Crippen LogP contribution in [0, 0.1) is 12.8 Å². The van der Waals surface area contributed by atoms with Crippen LogP contribution in [0.2, 0.25) is 0 Å². The third kappa shape index (κ3) is 3.59. The van der Waals surface area contributed by atoms with Crippen LogP contribution in [0.15, 0.2) is 36.7 Å². The van der Waals surface area contributed by atoms with Gasteiger partial charge in [-0.3, -0.25) is 4.79 Å². The van der Waals surface area contributed by atoms with Crippen molar-refractivity contribution in [2.45, 2.75) is 33.0 Å². The first kappa shape index (κ1) is 20.2. The molecule has 0 radical (unpaired) electrons. The molecule has 4 rings (SSSR count). The minimum absolute atomic E-state index is 0.0499. The van der Waals surface area contributed by atoms with Gasteiger partial charge in [-0.15, -0.1) is 0 Å². The lowest BCUT2D eigenvalue weighted by atomic mass is 9.85. The second-order valence-electron chi connectivity index (χ2n) is 7.63. The van der Waals surface area contributed by atoms with Gasteiger partial charge in [-0.25, -0.2) is 9.36 Å². The molecule has 0 saturated heterocycles. The van der Waals surface area contributed by atoms with Crippen molar-refractivity contribution >= 4 is 22.8 Å². The number of para-hydroxylation sites is 1. The number of hydrogen-bond donors (Lipinski definition) is 1. The Bertz CT molecular complexity index is 1100. The van der Waals surface area contributed by atoms with Crippen molar-refractivity contribution in [2.75, 3.05) is 13.2 Å². The summed E-state index contributed by atoms with van der Waals surface area (Å²) in [6, 6.07) is 8.08. The SMILES string of the molecule is Cc1n(CC2CCc3c(c4ccccc4n3C)C2=O)cc[n+]1COC(=O)OCCN. The molecule has 1 unspecified atom stereocenters. The lowest BCUT2D eigenvalue weighted by Gasteiger charge is -2.21. The molecule has 0 fully saturated rings. The fourth-order valence-electron chi connectivity index (χ4n) is 4.25. The Morgan fingerprint density at radius 2 is 2.10 bits per heavy atom. The molecule has 1 aromatic carbocycles. The van der Waals surface area contributed by atoms with Gasteiger partial charge in [-0.2, -0.15) is 4.57 Å². The van der Waals surface area contributed by atoms with Crippen molar-refractivity contribution in [1.82, 2.24) is 9.13 Å². The summed E-state index contributed by atoms with van der Waals surface area (Å²) < 4.78 is 15.9. The predicted molar refractivity (Wildman–Crippen MR) is 110 cm³/mol. The lowest BCUT2D eigenvalue weighted by molar-refractivity contribution is -0.732. The van der Waals surface area contributed by atoms with Gasteiger partial charge in [0.15, 0.2) is 5.78 Å². The Morgan fingerprint density at radius 1 is 1.30 bits per heavy atom. The molecule has 1 atom stereocenters. The van der Waals surface area contributed by atoms with Crippen molar-refractivity contribution in [3.8, 4) is 0 Å². The van der Waals surface area contributed by atoms with E-state index in [1.165, 1.54) is 0 Å². The van der Waals surface area contributed by atoms with Crippen LogP contribution in [0.3, 0.4) is 0 Å². The highest BCUT2D eigenvalue weighted by Crippen LogP contribution is 2.34. The Labute approximate surface area is 174 Å². The summed E-state index contributed by atoms with van der Waals surface area (Å²) in [7, 11) is 2.03. The van der Waals surface area contributed by atoms with Gasteiger partial charge in [0.05, 0.1) is 5.92 Å². The van der Waals surface area contributed by atoms with E-state index in [1.54, 1.807) is 4.57 Å². The number of hydrogen-bond acceptors (Lipinski definition) is 5. The zero-order chi connectivity index (χ0) is 21.3. The fourth-order valence-corrected chi connectivity index (χ4v) is 4.25. The standard InChI is InChI=1S/C22H27N4O4/c1-15-25(10-11-26(15)14-30-22(28)29-12-9-23)13-16-7-8-19-20(21(16)27)17-5-3-4-6-18(17)24(19)2/h3-6,10-11,16H,7-9,12-14,23H2,1-2H3/q+1.